The number of hydrazine groups is 1. The van der Waals surface area contributed by atoms with Gasteiger partial charge >= 0.3 is 0 Å². The number of allylic oxidation sites excluding steroid dienone is 1. The summed E-state index contributed by atoms with van der Waals surface area (Å²) in [4.78, 5) is 40.5. The molecule has 1 saturated carbocycles. The Hall–Kier alpha value is -2.43. The van der Waals surface area contributed by atoms with Crippen LogP contribution in [-0.4, -0.2) is 91.7 Å². The Morgan fingerprint density at radius 1 is 1.16 bits per heavy atom. The third-order valence-corrected chi connectivity index (χ3v) is 8.06. The van der Waals surface area contributed by atoms with Gasteiger partial charge < -0.3 is 19.5 Å². The molecule has 0 spiro atoms. The van der Waals surface area contributed by atoms with Crippen LogP contribution in [0.3, 0.4) is 0 Å². The Balaban J connectivity index is 1.53. The zero-order valence-electron chi connectivity index (χ0n) is 23.8. The van der Waals surface area contributed by atoms with Crippen LogP contribution in [0.5, 0.6) is 0 Å². The average Bonchev–Trinajstić information content (AvgIpc) is 3.72. The SMILES string of the molecule is C=C(c1nc(N(CCCN2CCOCC2)CC2CCN(C(=O)C3CC3)CC2)[nH]c(=O)c1N(C)N)C(C)(C)C. The van der Waals surface area contributed by atoms with Crippen LogP contribution in [0, 0.1) is 17.3 Å². The van der Waals surface area contributed by atoms with Crippen LogP contribution in [0.15, 0.2) is 11.4 Å². The number of carbonyl (C=O) groups is 1. The molecule has 1 aliphatic carbocycles. The molecule has 1 amide bonds. The van der Waals surface area contributed by atoms with Gasteiger partial charge in [0.05, 0.1) is 13.2 Å². The molecule has 2 saturated heterocycles. The highest BCUT2D eigenvalue weighted by Crippen LogP contribution is 2.35. The normalized spacial score (nSPS) is 19.4. The first-order valence-electron chi connectivity index (χ1n) is 14.2. The first kappa shape index (κ1) is 28.6. The second-order valence-electron chi connectivity index (χ2n) is 12.2. The van der Waals surface area contributed by atoms with Crippen molar-refractivity contribution < 1.29 is 9.53 Å². The molecule has 212 valence electrons. The lowest BCUT2D eigenvalue weighted by Crippen LogP contribution is -2.44. The second kappa shape index (κ2) is 12.2. The number of aromatic amines is 1. The smallest absolute Gasteiger partial charge is 0.277 e. The van der Waals surface area contributed by atoms with E-state index in [0.717, 1.165) is 96.7 Å². The molecule has 3 fully saturated rings. The molecular formula is C28H47N7O3. The molecule has 0 unspecified atom stereocenters. The van der Waals surface area contributed by atoms with Gasteiger partial charge in [-0.2, -0.15) is 0 Å². The summed E-state index contributed by atoms with van der Waals surface area (Å²) in [6.45, 7) is 18.1. The summed E-state index contributed by atoms with van der Waals surface area (Å²) in [7, 11) is 1.65. The van der Waals surface area contributed by atoms with E-state index in [1.807, 2.05) is 4.90 Å². The van der Waals surface area contributed by atoms with Crippen molar-refractivity contribution in [3.8, 4) is 0 Å². The number of nitrogens with one attached hydrogen (secondary N) is 1. The minimum Gasteiger partial charge on any atom is -0.379 e. The molecule has 0 atom stereocenters. The molecule has 0 bridgehead atoms. The number of likely N-dealkylation sites (tertiary alicyclic amines) is 1. The number of piperidine rings is 1. The fraction of sp³-hybridized carbons (Fsp3) is 0.750. The maximum absolute atomic E-state index is 13.3. The van der Waals surface area contributed by atoms with E-state index in [-0.39, 0.29) is 16.9 Å². The highest BCUT2D eigenvalue weighted by atomic mass is 16.5. The number of hydrogen-bond donors (Lipinski definition) is 2. The summed E-state index contributed by atoms with van der Waals surface area (Å²) in [6.07, 6.45) is 4.98. The Labute approximate surface area is 227 Å². The zero-order chi connectivity index (χ0) is 27.4. The van der Waals surface area contributed by atoms with Gasteiger partial charge in [-0.15, -0.1) is 0 Å². The van der Waals surface area contributed by atoms with Crippen LogP contribution in [0.25, 0.3) is 5.57 Å². The van der Waals surface area contributed by atoms with E-state index in [4.69, 9.17) is 15.6 Å². The van der Waals surface area contributed by atoms with Crippen LogP contribution in [0.4, 0.5) is 11.6 Å². The minimum atomic E-state index is -0.273. The van der Waals surface area contributed by atoms with Crippen LogP contribution in [0.2, 0.25) is 0 Å². The van der Waals surface area contributed by atoms with Crippen molar-refractivity contribution in [3.05, 3.63) is 22.6 Å². The van der Waals surface area contributed by atoms with E-state index in [2.05, 4.69) is 42.1 Å². The number of amides is 1. The van der Waals surface area contributed by atoms with Gasteiger partial charge in [-0.05, 0) is 49.0 Å². The average molecular weight is 530 g/mol. The van der Waals surface area contributed by atoms with Crippen molar-refractivity contribution in [2.75, 3.05) is 76.0 Å². The van der Waals surface area contributed by atoms with E-state index in [1.165, 1.54) is 5.01 Å². The number of hydrogen-bond acceptors (Lipinski definition) is 8. The van der Waals surface area contributed by atoms with Crippen molar-refractivity contribution >= 4 is 23.1 Å². The van der Waals surface area contributed by atoms with Crippen molar-refractivity contribution in [2.45, 2.75) is 52.9 Å². The Bertz CT molecular complexity index is 1030. The quantitative estimate of drug-likeness (QED) is 0.351. The molecule has 1 aromatic rings. The highest BCUT2D eigenvalue weighted by Gasteiger charge is 2.35. The first-order valence-corrected chi connectivity index (χ1v) is 14.2. The van der Waals surface area contributed by atoms with E-state index in [9.17, 15) is 9.59 Å². The highest BCUT2D eigenvalue weighted by molar-refractivity contribution is 5.81. The maximum Gasteiger partial charge on any atom is 0.277 e. The number of nitrogens with zero attached hydrogens (tertiary/aromatic N) is 5. The van der Waals surface area contributed by atoms with Crippen LogP contribution >= 0.6 is 0 Å². The predicted octanol–water partition coefficient (Wildman–Crippen LogP) is 2.32. The fourth-order valence-electron chi connectivity index (χ4n) is 5.33. The number of H-pyrrole nitrogens is 1. The predicted molar refractivity (Wildman–Crippen MR) is 152 cm³/mol. The van der Waals surface area contributed by atoms with Gasteiger partial charge in [-0.25, -0.2) is 10.8 Å². The van der Waals surface area contributed by atoms with E-state index in [0.29, 0.717) is 29.2 Å². The van der Waals surface area contributed by atoms with Gasteiger partial charge in [0, 0.05) is 58.8 Å². The summed E-state index contributed by atoms with van der Waals surface area (Å²) in [5.74, 6) is 7.67. The maximum atomic E-state index is 13.3. The molecular weight excluding hydrogens is 482 g/mol. The molecule has 1 aromatic heterocycles. The Morgan fingerprint density at radius 2 is 1.82 bits per heavy atom. The van der Waals surface area contributed by atoms with Crippen LogP contribution < -0.4 is 21.3 Å². The fourth-order valence-corrected chi connectivity index (χ4v) is 5.33. The number of anilines is 2. The molecule has 10 nitrogen and oxygen atoms in total. The molecule has 3 heterocycles. The van der Waals surface area contributed by atoms with E-state index >= 15 is 0 Å². The lowest BCUT2D eigenvalue weighted by Gasteiger charge is -2.36. The van der Waals surface area contributed by atoms with Crippen molar-refractivity contribution in [3.63, 3.8) is 0 Å². The summed E-state index contributed by atoms with van der Waals surface area (Å²) in [6, 6.07) is 0. The molecule has 4 rings (SSSR count). The van der Waals surface area contributed by atoms with Crippen molar-refractivity contribution in [1.29, 1.82) is 0 Å². The summed E-state index contributed by atoms with van der Waals surface area (Å²) in [5, 5.41) is 1.33. The second-order valence-corrected chi connectivity index (χ2v) is 12.2. The van der Waals surface area contributed by atoms with Gasteiger partial charge in [0.2, 0.25) is 11.9 Å². The molecule has 0 radical (unpaired) electrons. The summed E-state index contributed by atoms with van der Waals surface area (Å²) >= 11 is 0. The number of carbonyl (C=O) groups excluding carboxylic acids is 1. The topological polar surface area (TPSA) is 111 Å². The molecule has 38 heavy (non-hydrogen) atoms. The summed E-state index contributed by atoms with van der Waals surface area (Å²) < 4.78 is 5.50. The van der Waals surface area contributed by atoms with Gasteiger partial charge in [-0.1, -0.05) is 27.4 Å². The molecule has 10 heteroatoms. The molecule has 2 aliphatic heterocycles. The van der Waals surface area contributed by atoms with Crippen molar-refractivity contribution in [2.24, 2.45) is 23.1 Å². The Morgan fingerprint density at radius 3 is 2.39 bits per heavy atom. The third kappa shape index (κ3) is 7.15. The lowest BCUT2D eigenvalue weighted by molar-refractivity contribution is -0.133. The van der Waals surface area contributed by atoms with Gasteiger partial charge in [0.15, 0.2) is 0 Å². The number of nitrogens with two attached hydrogens (primary N) is 1. The third-order valence-electron chi connectivity index (χ3n) is 8.06. The minimum absolute atomic E-state index is 0.261. The molecule has 0 aromatic carbocycles. The zero-order valence-corrected chi connectivity index (χ0v) is 23.8. The monoisotopic (exact) mass is 529 g/mol. The van der Waals surface area contributed by atoms with E-state index < -0.39 is 0 Å². The largest absolute Gasteiger partial charge is 0.379 e. The number of rotatable bonds is 10. The number of aromatic nitrogens is 2. The van der Waals surface area contributed by atoms with Gasteiger partial charge in [0.1, 0.15) is 11.4 Å². The summed E-state index contributed by atoms with van der Waals surface area (Å²) in [5.41, 5.74) is 1.11. The molecule has 3 aliphatic rings. The standard InChI is InChI=1S/C28H47N7O3/c1-20(28(2,3)4)23-24(32(5)29)25(36)31-27(30-23)35(12-6-11-33-15-17-38-18-16-33)19-21-9-13-34(14-10-21)26(37)22-7-8-22/h21-22H,1,6-19,29H2,2-5H3,(H,30,31,36). The van der Waals surface area contributed by atoms with E-state index in [1.54, 1.807) is 7.05 Å². The number of morpholine rings is 1. The van der Waals surface area contributed by atoms with Crippen LogP contribution in [0.1, 0.15) is 58.6 Å². The van der Waals surface area contributed by atoms with Crippen LogP contribution in [-0.2, 0) is 9.53 Å². The molecule has 3 N–H and O–H groups in total. The Kier molecular flexibility index (Phi) is 9.15. The lowest BCUT2D eigenvalue weighted by atomic mass is 9.85. The first-order chi connectivity index (χ1) is 18.0. The van der Waals surface area contributed by atoms with Gasteiger partial charge in [-0.3, -0.25) is 19.5 Å². The number of ether oxygens (including phenoxy) is 1. The van der Waals surface area contributed by atoms with Gasteiger partial charge in [0.25, 0.3) is 5.56 Å². The van der Waals surface area contributed by atoms with Crippen molar-refractivity contribution in [1.82, 2.24) is 19.8 Å².